The van der Waals surface area contributed by atoms with Crippen LogP contribution in [0.2, 0.25) is 0 Å². The number of hydrogen-bond donors (Lipinski definition) is 2. The zero-order valence-corrected chi connectivity index (χ0v) is 17.9. The van der Waals surface area contributed by atoms with E-state index in [-0.39, 0.29) is 12.4 Å². The van der Waals surface area contributed by atoms with E-state index >= 15 is 0 Å². The third-order valence-electron chi connectivity index (χ3n) is 4.60. The third-order valence-corrected chi connectivity index (χ3v) is 4.60. The van der Waals surface area contributed by atoms with E-state index in [2.05, 4.69) is 36.5 Å². The fourth-order valence-corrected chi connectivity index (χ4v) is 2.90. The Hall–Kier alpha value is -3.02. The number of aromatic carboxylic acids is 1. The Labute approximate surface area is 183 Å². The number of carbonyl (C=O) groups is 1. The summed E-state index contributed by atoms with van der Waals surface area (Å²) in [6, 6.07) is 21.0. The number of halogens is 1. The number of carboxylic acid groups (broad SMARTS) is 1. The van der Waals surface area contributed by atoms with Gasteiger partial charge in [0.15, 0.2) is 11.5 Å². The standard InChI is InChI=1S/C24H25NO4.ClH/c1-17-3-5-19(6-4-17)16-29-22-12-9-20(13-23(22)28-2)15-25-14-18-7-10-21(11-8-18)24(26)27;/h3-13,25H,14-16H2,1-2H3,(H,26,27);1H. The molecule has 0 aliphatic rings. The quantitative estimate of drug-likeness (QED) is 0.503. The topological polar surface area (TPSA) is 67.8 Å². The van der Waals surface area contributed by atoms with Gasteiger partial charge in [0, 0.05) is 13.1 Å². The first-order valence-corrected chi connectivity index (χ1v) is 9.43. The summed E-state index contributed by atoms with van der Waals surface area (Å²) in [6.45, 7) is 3.86. The average molecular weight is 428 g/mol. The van der Waals surface area contributed by atoms with E-state index in [1.807, 2.05) is 30.3 Å². The first-order valence-electron chi connectivity index (χ1n) is 9.43. The van der Waals surface area contributed by atoms with Crippen LogP contribution >= 0.6 is 12.4 Å². The van der Waals surface area contributed by atoms with Crippen molar-refractivity contribution in [2.24, 2.45) is 0 Å². The minimum Gasteiger partial charge on any atom is -0.493 e. The molecular weight excluding hydrogens is 402 g/mol. The van der Waals surface area contributed by atoms with E-state index in [1.165, 1.54) is 5.56 Å². The zero-order valence-electron chi connectivity index (χ0n) is 17.1. The Balaban J connectivity index is 0.00000320. The van der Waals surface area contributed by atoms with Crippen molar-refractivity contribution in [2.75, 3.05) is 7.11 Å². The van der Waals surface area contributed by atoms with E-state index in [0.717, 1.165) is 16.7 Å². The van der Waals surface area contributed by atoms with Crippen molar-refractivity contribution in [3.8, 4) is 11.5 Å². The van der Waals surface area contributed by atoms with Crippen molar-refractivity contribution < 1.29 is 19.4 Å². The minimum absolute atomic E-state index is 0. The molecule has 0 aliphatic heterocycles. The number of hydrogen-bond acceptors (Lipinski definition) is 4. The van der Waals surface area contributed by atoms with Crippen molar-refractivity contribution in [1.29, 1.82) is 0 Å². The van der Waals surface area contributed by atoms with Gasteiger partial charge in [0.2, 0.25) is 0 Å². The molecule has 0 fully saturated rings. The summed E-state index contributed by atoms with van der Waals surface area (Å²) in [5.41, 5.74) is 4.73. The fourth-order valence-electron chi connectivity index (χ4n) is 2.90. The molecule has 6 heteroatoms. The van der Waals surface area contributed by atoms with Crippen LogP contribution in [0.3, 0.4) is 0 Å². The molecule has 30 heavy (non-hydrogen) atoms. The third kappa shape index (κ3) is 6.51. The van der Waals surface area contributed by atoms with Crippen molar-refractivity contribution in [3.63, 3.8) is 0 Å². The van der Waals surface area contributed by atoms with Crippen LogP contribution in [0.25, 0.3) is 0 Å². The van der Waals surface area contributed by atoms with Crippen LogP contribution in [-0.4, -0.2) is 18.2 Å². The summed E-state index contributed by atoms with van der Waals surface area (Å²) in [5, 5.41) is 12.3. The Morgan fingerprint density at radius 1 is 0.867 bits per heavy atom. The highest BCUT2D eigenvalue weighted by Gasteiger charge is 2.07. The number of nitrogens with one attached hydrogen (secondary N) is 1. The van der Waals surface area contributed by atoms with Gasteiger partial charge in [0.25, 0.3) is 0 Å². The SMILES string of the molecule is COc1cc(CNCc2ccc(C(=O)O)cc2)ccc1OCc1ccc(C)cc1.Cl. The molecule has 0 aliphatic carbocycles. The van der Waals surface area contributed by atoms with Gasteiger partial charge in [-0.25, -0.2) is 4.79 Å². The van der Waals surface area contributed by atoms with Crippen LogP contribution < -0.4 is 14.8 Å². The fraction of sp³-hybridized carbons (Fsp3) is 0.208. The maximum Gasteiger partial charge on any atom is 0.335 e. The molecule has 3 aromatic carbocycles. The molecule has 0 spiro atoms. The second kappa shape index (κ2) is 11.2. The maximum absolute atomic E-state index is 10.9. The largest absolute Gasteiger partial charge is 0.493 e. The van der Waals surface area contributed by atoms with Gasteiger partial charge >= 0.3 is 5.97 Å². The van der Waals surface area contributed by atoms with E-state index in [0.29, 0.717) is 36.8 Å². The van der Waals surface area contributed by atoms with Gasteiger partial charge in [-0.1, -0.05) is 48.0 Å². The smallest absolute Gasteiger partial charge is 0.335 e. The lowest BCUT2D eigenvalue weighted by atomic mass is 10.1. The van der Waals surface area contributed by atoms with Crippen molar-refractivity contribution in [3.05, 3.63) is 94.5 Å². The molecule has 158 valence electrons. The molecule has 0 aromatic heterocycles. The number of carboxylic acids is 1. The Kier molecular flexibility index (Phi) is 8.71. The Morgan fingerprint density at radius 2 is 1.47 bits per heavy atom. The van der Waals surface area contributed by atoms with E-state index in [1.54, 1.807) is 19.2 Å². The molecule has 3 rings (SSSR count). The van der Waals surface area contributed by atoms with Crippen LogP contribution in [0.15, 0.2) is 66.7 Å². The molecule has 0 radical (unpaired) electrons. The van der Waals surface area contributed by atoms with Gasteiger partial charge in [-0.15, -0.1) is 12.4 Å². The lowest BCUT2D eigenvalue weighted by Crippen LogP contribution is -2.13. The predicted octanol–water partition coefficient (Wildman–Crippen LogP) is 4.99. The molecule has 0 saturated carbocycles. The van der Waals surface area contributed by atoms with Gasteiger partial charge < -0.3 is 19.9 Å². The molecule has 2 N–H and O–H groups in total. The maximum atomic E-state index is 10.9. The van der Waals surface area contributed by atoms with Crippen molar-refractivity contribution in [2.45, 2.75) is 26.6 Å². The lowest BCUT2D eigenvalue weighted by molar-refractivity contribution is 0.0697. The highest BCUT2D eigenvalue weighted by atomic mass is 35.5. The summed E-state index contributed by atoms with van der Waals surface area (Å²) >= 11 is 0. The summed E-state index contributed by atoms with van der Waals surface area (Å²) in [4.78, 5) is 10.9. The van der Waals surface area contributed by atoms with Crippen LogP contribution in [0.1, 0.15) is 32.6 Å². The Morgan fingerprint density at radius 3 is 2.10 bits per heavy atom. The van der Waals surface area contributed by atoms with Crippen LogP contribution in [-0.2, 0) is 19.7 Å². The lowest BCUT2D eigenvalue weighted by Gasteiger charge is -2.13. The average Bonchev–Trinajstić information content (AvgIpc) is 2.74. The molecule has 3 aromatic rings. The molecule has 0 unspecified atom stereocenters. The predicted molar refractivity (Wildman–Crippen MR) is 120 cm³/mol. The number of aryl methyl sites for hydroxylation is 1. The van der Waals surface area contributed by atoms with E-state index in [9.17, 15) is 4.79 Å². The monoisotopic (exact) mass is 427 g/mol. The van der Waals surface area contributed by atoms with Crippen LogP contribution in [0, 0.1) is 6.92 Å². The van der Waals surface area contributed by atoms with Crippen molar-refractivity contribution in [1.82, 2.24) is 5.32 Å². The number of methoxy groups -OCH3 is 1. The molecule has 0 amide bonds. The second-order valence-corrected chi connectivity index (χ2v) is 6.87. The summed E-state index contributed by atoms with van der Waals surface area (Å²) in [5.74, 6) is 0.490. The molecular formula is C24H26ClNO4. The van der Waals surface area contributed by atoms with Gasteiger partial charge in [-0.05, 0) is 47.9 Å². The second-order valence-electron chi connectivity index (χ2n) is 6.87. The van der Waals surface area contributed by atoms with Gasteiger partial charge in [0.1, 0.15) is 6.61 Å². The van der Waals surface area contributed by atoms with Gasteiger partial charge in [-0.2, -0.15) is 0 Å². The molecule has 5 nitrogen and oxygen atoms in total. The van der Waals surface area contributed by atoms with Crippen LogP contribution in [0.4, 0.5) is 0 Å². The highest BCUT2D eigenvalue weighted by Crippen LogP contribution is 2.29. The number of ether oxygens (including phenoxy) is 2. The minimum atomic E-state index is -0.915. The first kappa shape index (κ1) is 23.3. The molecule has 0 heterocycles. The Bertz CT molecular complexity index is 956. The van der Waals surface area contributed by atoms with Crippen molar-refractivity contribution >= 4 is 18.4 Å². The summed E-state index contributed by atoms with van der Waals surface area (Å²) < 4.78 is 11.4. The van der Waals surface area contributed by atoms with Crippen LogP contribution in [0.5, 0.6) is 11.5 Å². The molecule has 0 bridgehead atoms. The first-order chi connectivity index (χ1) is 14.0. The molecule has 0 saturated heterocycles. The van der Waals surface area contributed by atoms with E-state index in [4.69, 9.17) is 14.6 Å². The normalized spacial score (nSPS) is 10.2. The summed E-state index contributed by atoms with van der Waals surface area (Å²) in [7, 11) is 1.63. The summed E-state index contributed by atoms with van der Waals surface area (Å²) in [6.07, 6.45) is 0. The van der Waals surface area contributed by atoms with E-state index < -0.39 is 5.97 Å². The van der Waals surface area contributed by atoms with Gasteiger partial charge in [-0.3, -0.25) is 0 Å². The number of benzene rings is 3. The number of rotatable bonds is 9. The highest BCUT2D eigenvalue weighted by molar-refractivity contribution is 5.87. The van der Waals surface area contributed by atoms with Gasteiger partial charge in [0.05, 0.1) is 12.7 Å². The molecule has 0 atom stereocenters. The zero-order chi connectivity index (χ0) is 20.6.